The smallest absolute Gasteiger partial charge is 0.279 e. The van der Waals surface area contributed by atoms with E-state index >= 15 is 0 Å². The van der Waals surface area contributed by atoms with Crippen LogP contribution >= 0.6 is 0 Å². The molecule has 3 rings (SSSR count). The first-order valence-corrected chi connectivity index (χ1v) is 9.92. The van der Waals surface area contributed by atoms with E-state index in [-0.39, 0.29) is 30.4 Å². The first-order valence-electron chi connectivity index (χ1n) is 9.92. The van der Waals surface area contributed by atoms with E-state index in [1.165, 1.54) is 12.1 Å². The third-order valence-electron chi connectivity index (χ3n) is 5.25. The molecule has 2 aromatic carbocycles. The van der Waals surface area contributed by atoms with Gasteiger partial charge in [0.15, 0.2) is 6.54 Å². The Morgan fingerprint density at radius 1 is 1.14 bits per heavy atom. The number of hydrogen-bond acceptors (Lipinski definition) is 2. The minimum atomic E-state index is -0.636. The van der Waals surface area contributed by atoms with Crippen molar-refractivity contribution in [1.29, 1.82) is 0 Å². The monoisotopic (exact) mass is 402 g/mol. The Bertz CT molecular complexity index is 882. The van der Waals surface area contributed by atoms with Gasteiger partial charge in [0.2, 0.25) is 0 Å². The average Bonchev–Trinajstić information content (AvgIpc) is 3.19. The maximum absolute atomic E-state index is 13.9. The maximum atomic E-state index is 13.9. The number of rotatable bonds is 7. The van der Waals surface area contributed by atoms with Crippen LogP contribution in [0.3, 0.4) is 0 Å². The quantitative estimate of drug-likeness (QED) is 0.666. The van der Waals surface area contributed by atoms with Crippen molar-refractivity contribution in [3.05, 3.63) is 65.2 Å². The standard InChI is InChI=1S/C22H25F2N3O2/c1-14(17-11-10-15(23)12-19(17)24)25-13-21(28)27-20-9-5-4-8-18(20)22(29)26-16-6-2-3-7-16/h4-5,8-12,14,16,25H,2-3,6-7,13H2,1H3,(H,26,29)(H,27,28)/p+1/t14-/m0/s1. The van der Waals surface area contributed by atoms with Gasteiger partial charge in [-0.1, -0.05) is 25.0 Å². The predicted octanol–water partition coefficient (Wildman–Crippen LogP) is 2.90. The second-order valence-electron chi connectivity index (χ2n) is 7.44. The lowest BCUT2D eigenvalue weighted by Crippen LogP contribution is -2.86. The maximum Gasteiger partial charge on any atom is 0.279 e. The van der Waals surface area contributed by atoms with Gasteiger partial charge in [-0.2, -0.15) is 0 Å². The normalized spacial score (nSPS) is 15.1. The molecule has 29 heavy (non-hydrogen) atoms. The van der Waals surface area contributed by atoms with Crippen molar-refractivity contribution in [2.75, 3.05) is 11.9 Å². The second kappa shape index (κ2) is 9.60. The zero-order valence-electron chi connectivity index (χ0n) is 16.4. The number of para-hydroxylation sites is 1. The molecule has 4 N–H and O–H groups in total. The SMILES string of the molecule is C[C@H]([NH2+]CC(=O)Nc1ccccc1C(=O)NC1CCCC1)c1ccc(F)cc1F. The lowest BCUT2D eigenvalue weighted by molar-refractivity contribution is -0.682. The first-order chi connectivity index (χ1) is 13.9. The van der Waals surface area contributed by atoms with E-state index in [1.807, 2.05) is 0 Å². The topological polar surface area (TPSA) is 74.8 Å². The number of nitrogens with one attached hydrogen (secondary N) is 2. The minimum Gasteiger partial charge on any atom is -0.349 e. The zero-order chi connectivity index (χ0) is 20.8. The first kappa shape index (κ1) is 20.9. The highest BCUT2D eigenvalue weighted by Gasteiger charge is 2.21. The second-order valence-corrected chi connectivity index (χ2v) is 7.44. The number of benzene rings is 2. The summed E-state index contributed by atoms with van der Waals surface area (Å²) >= 11 is 0. The number of anilines is 1. The fraction of sp³-hybridized carbons (Fsp3) is 0.364. The van der Waals surface area contributed by atoms with Crippen LogP contribution < -0.4 is 16.0 Å². The summed E-state index contributed by atoms with van der Waals surface area (Å²) < 4.78 is 26.9. The highest BCUT2D eigenvalue weighted by atomic mass is 19.1. The fourth-order valence-electron chi connectivity index (χ4n) is 3.61. The van der Waals surface area contributed by atoms with Crippen LogP contribution in [0.1, 0.15) is 54.6 Å². The van der Waals surface area contributed by atoms with Crippen molar-refractivity contribution in [1.82, 2.24) is 5.32 Å². The number of carbonyl (C=O) groups excluding carboxylic acids is 2. The van der Waals surface area contributed by atoms with Crippen molar-refractivity contribution in [2.45, 2.75) is 44.7 Å². The number of halogens is 2. The summed E-state index contributed by atoms with van der Waals surface area (Å²) in [5.74, 6) is -1.77. The number of nitrogens with two attached hydrogens (primary N) is 1. The molecule has 0 aliphatic heterocycles. The van der Waals surface area contributed by atoms with Gasteiger partial charge in [-0.15, -0.1) is 0 Å². The van der Waals surface area contributed by atoms with Crippen LogP contribution in [0.5, 0.6) is 0 Å². The summed E-state index contributed by atoms with van der Waals surface area (Å²) in [6.07, 6.45) is 4.19. The number of quaternary nitrogens is 1. The molecule has 0 heterocycles. The van der Waals surface area contributed by atoms with Crippen molar-refractivity contribution in [2.24, 2.45) is 0 Å². The predicted molar refractivity (Wildman–Crippen MR) is 106 cm³/mol. The Morgan fingerprint density at radius 2 is 1.86 bits per heavy atom. The molecule has 1 aliphatic carbocycles. The van der Waals surface area contributed by atoms with E-state index in [4.69, 9.17) is 0 Å². The molecule has 5 nitrogen and oxygen atoms in total. The Hall–Kier alpha value is -2.80. The molecule has 0 saturated heterocycles. The van der Waals surface area contributed by atoms with Gasteiger partial charge < -0.3 is 16.0 Å². The van der Waals surface area contributed by atoms with Gasteiger partial charge in [0.1, 0.15) is 17.7 Å². The van der Waals surface area contributed by atoms with E-state index in [0.29, 0.717) is 16.8 Å². The molecule has 154 valence electrons. The molecule has 0 unspecified atom stereocenters. The van der Waals surface area contributed by atoms with Crippen LogP contribution in [0.25, 0.3) is 0 Å². The van der Waals surface area contributed by atoms with E-state index < -0.39 is 11.6 Å². The summed E-state index contributed by atoms with van der Waals surface area (Å²) in [6.45, 7) is 1.78. The van der Waals surface area contributed by atoms with Gasteiger partial charge in [-0.05, 0) is 44.0 Å². The number of hydrogen-bond donors (Lipinski definition) is 3. The van der Waals surface area contributed by atoms with Crippen LogP contribution in [0.4, 0.5) is 14.5 Å². The molecule has 0 radical (unpaired) electrons. The van der Waals surface area contributed by atoms with Crippen LogP contribution in [0.15, 0.2) is 42.5 Å². The van der Waals surface area contributed by atoms with Crippen molar-refractivity contribution in [3.8, 4) is 0 Å². The molecule has 0 aromatic heterocycles. The summed E-state index contributed by atoms with van der Waals surface area (Å²) in [6, 6.07) is 10.1. The molecule has 1 aliphatic rings. The summed E-state index contributed by atoms with van der Waals surface area (Å²) in [7, 11) is 0. The summed E-state index contributed by atoms with van der Waals surface area (Å²) in [5.41, 5.74) is 1.20. The van der Waals surface area contributed by atoms with E-state index in [1.54, 1.807) is 36.5 Å². The zero-order valence-corrected chi connectivity index (χ0v) is 16.4. The van der Waals surface area contributed by atoms with Crippen LogP contribution in [-0.2, 0) is 4.79 Å². The average molecular weight is 402 g/mol. The molecule has 7 heteroatoms. The highest BCUT2D eigenvalue weighted by Crippen LogP contribution is 2.20. The third-order valence-corrected chi connectivity index (χ3v) is 5.25. The van der Waals surface area contributed by atoms with E-state index in [2.05, 4.69) is 10.6 Å². The van der Waals surface area contributed by atoms with Gasteiger partial charge in [-0.25, -0.2) is 8.78 Å². The lowest BCUT2D eigenvalue weighted by Gasteiger charge is -2.15. The molecule has 0 spiro atoms. The molecule has 0 bridgehead atoms. The molecule has 2 amide bonds. The Balaban J connectivity index is 1.58. The van der Waals surface area contributed by atoms with E-state index in [0.717, 1.165) is 31.7 Å². The van der Waals surface area contributed by atoms with Gasteiger partial charge in [0.25, 0.3) is 11.8 Å². The Kier molecular flexibility index (Phi) is 6.93. The van der Waals surface area contributed by atoms with Crippen molar-refractivity contribution in [3.63, 3.8) is 0 Å². The fourth-order valence-corrected chi connectivity index (χ4v) is 3.61. The van der Waals surface area contributed by atoms with Crippen LogP contribution in [0.2, 0.25) is 0 Å². The van der Waals surface area contributed by atoms with Gasteiger partial charge >= 0.3 is 0 Å². The molecule has 1 atom stereocenters. The Labute approximate surface area is 168 Å². The van der Waals surface area contributed by atoms with Gasteiger partial charge in [0.05, 0.1) is 11.3 Å². The third kappa shape index (κ3) is 5.60. The molecule has 1 fully saturated rings. The number of carbonyl (C=O) groups is 2. The Morgan fingerprint density at radius 3 is 2.59 bits per heavy atom. The van der Waals surface area contributed by atoms with Crippen LogP contribution in [-0.4, -0.2) is 24.4 Å². The summed E-state index contributed by atoms with van der Waals surface area (Å²) in [5, 5.41) is 7.44. The van der Waals surface area contributed by atoms with Crippen molar-refractivity contribution < 1.29 is 23.7 Å². The van der Waals surface area contributed by atoms with Gasteiger partial charge in [0, 0.05) is 17.7 Å². The van der Waals surface area contributed by atoms with E-state index in [9.17, 15) is 18.4 Å². The highest BCUT2D eigenvalue weighted by molar-refractivity contribution is 6.04. The van der Waals surface area contributed by atoms with Crippen LogP contribution in [0, 0.1) is 11.6 Å². The van der Waals surface area contributed by atoms with Crippen molar-refractivity contribution >= 4 is 17.5 Å². The molecular formula is C22H26F2N3O2+. The largest absolute Gasteiger partial charge is 0.349 e. The minimum absolute atomic E-state index is 0.0383. The molecule has 1 saturated carbocycles. The van der Waals surface area contributed by atoms with Gasteiger partial charge in [-0.3, -0.25) is 9.59 Å². The molecular weight excluding hydrogens is 376 g/mol. The lowest BCUT2D eigenvalue weighted by atomic mass is 10.1. The summed E-state index contributed by atoms with van der Waals surface area (Å²) in [4.78, 5) is 25.0. The molecule has 2 aromatic rings. The number of amides is 2.